The lowest BCUT2D eigenvalue weighted by atomic mass is 10.3. The molecule has 0 radical (unpaired) electrons. The molecular formula is C10H9Cl2N3. The average Bonchev–Trinajstić information content (AvgIpc) is 2.53. The molecule has 0 aromatic carbocycles. The predicted octanol–water partition coefficient (Wildman–Crippen LogP) is 2.94. The third-order valence-electron chi connectivity index (χ3n) is 2.20. The Balaban J connectivity index is 2.30. The van der Waals surface area contributed by atoms with E-state index in [4.69, 9.17) is 23.2 Å². The first-order chi connectivity index (χ1) is 7.18. The van der Waals surface area contributed by atoms with Gasteiger partial charge in [0.15, 0.2) is 0 Å². The van der Waals surface area contributed by atoms with Crippen LogP contribution >= 0.6 is 23.2 Å². The highest BCUT2D eigenvalue weighted by atomic mass is 35.5. The van der Waals surface area contributed by atoms with Crippen LogP contribution in [0, 0.1) is 6.92 Å². The molecule has 0 saturated carbocycles. The summed E-state index contributed by atoms with van der Waals surface area (Å²) in [5.41, 5.74) is 1.86. The zero-order valence-corrected chi connectivity index (χ0v) is 9.63. The molecule has 0 saturated heterocycles. The van der Waals surface area contributed by atoms with Crippen molar-refractivity contribution in [3.05, 3.63) is 46.0 Å². The molecule has 0 bridgehead atoms. The van der Waals surface area contributed by atoms with Crippen LogP contribution in [0.3, 0.4) is 0 Å². The van der Waals surface area contributed by atoms with Gasteiger partial charge in [0.2, 0.25) is 0 Å². The first-order valence-corrected chi connectivity index (χ1v) is 5.21. The average molecular weight is 242 g/mol. The highest BCUT2D eigenvalue weighted by molar-refractivity contribution is 6.31. The molecule has 2 aromatic rings. The van der Waals surface area contributed by atoms with Crippen LogP contribution in [0.5, 0.6) is 0 Å². The fourth-order valence-electron chi connectivity index (χ4n) is 1.28. The van der Waals surface area contributed by atoms with E-state index < -0.39 is 0 Å². The van der Waals surface area contributed by atoms with Gasteiger partial charge in [-0.25, -0.2) is 4.98 Å². The zero-order chi connectivity index (χ0) is 10.8. The van der Waals surface area contributed by atoms with Crippen LogP contribution in [-0.2, 0) is 6.54 Å². The first kappa shape index (κ1) is 10.5. The minimum Gasteiger partial charge on any atom is -0.264 e. The van der Waals surface area contributed by atoms with Crippen LogP contribution < -0.4 is 0 Å². The molecule has 0 unspecified atom stereocenters. The minimum atomic E-state index is 0.503. The van der Waals surface area contributed by atoms with E-state index in [-0.39, 0.29) is 0 Å². The number of hydrogen-bond acceptors (Lipinski definition) is 2. The van der Waals surface area contributed by atoms with E-state index in [0.29, 0.717) is 16.7 Å². The van der Waals surface area contributed by atoms with Crippen molar-refractivity contribution in [2.75, 3.05) is 0 Å². The van der Waals surface area contributed by atoms with Crippen LogP contribution in [0.2, 0.25) is 10.2 Å². The van der Waals surface area contributed by atoms with Gasteiger partial charge in [-0.2, -0.15) is 5.10 Å². The summed E-state index contributed by atoms with van der Waals surface area (Å²) in [6, 6.07) is 3.77. The van der Waals surface area contributed by atoms with Crippen LogP contribution in [0.1, 0.15) is 11.3 Å². The monoisotopic (exact) mass is 241 g/mol. The number of aromatic nitrogens is 3. The molecule has 2 heterocycles. The van der Waals surface area contributed by atoms with Crippen LogP contribution in [0.25, 0.3) is 0 Å². The van der Waals surface area contributed by atoms with Gasteiger partial charge in [-0.1, -0.05) is 29.3 Å². The summed E-state index contributed by atoms with van der Waals surface area (Å²) in [7, 11) is 0. The molecule has 2 aromatic heterocycles. The summed E-state index contributed by atoms with van der Waals surface area (Å²) >= 11 is 11.9. The normalized spacial score (nSPS) is 10.6. The molecule has 0 aliphatic rings. The van der Waals surface area contributed by atoms with Gasteiger partial charge >= 0.3 is 0 Å². The van der Waals surface area contributed by atoms with E-state index in [9.17, 15) is 0 Å². The van der Waals surface area contributed by atoms with Crippen molar-refractivity contribution in [2.45, 2.75) is 13.5 Å². The summed E-state index contributed by atoms with van der Waals surface area (Å²) in [5, 5.41) is 5.32. The Bertz CT molecular complexity index is 479. The quantitative estimate of drug-likeness (QED) is 0.758. The predicted molar refractivity (Wildman–Crippen MR) is 60.3 cm³/mol. The number of hydrogen-bond donors (Lipinski definition) is 0. The van der Waals surface area contributed by atoms with Gasteiger partial charge in [0.05, 0.1) is 23.5 Å². The summed E-state index contributed by atoms with van der Waals surface area (Å²) in [4.78, 5) is 4.00. The van der Waals surface area contributed by atoms with E-state index in [1.54, 1.807) is 17.1 Å². The molecule has 78 valence electrons. The third-order valence-corrected chi connectivity index (χ3v) is 2.91. The van der Waals surface area contributed by atoms with E-state index in [1.165, 1.54) is 0 Å². The Hall–Kier alpha value is -1.06. The van der Waals surface area contributed by atoms with Gasteiger partial charge in [-0.3, -0.25) is 4.68 Å². The van der Waals surface area contributed by atoms with Crippen molar-refractivity contribution in [1.82, 2.24) is 14.8 Å². The number of pyridine rings is 1. The largest absolute Gasteiger partial charge is 0.264 e. The second-order valence-electron chi connectivity index (χ2n) is 3.19. The number of rotatable bonds is 2. The summed E-state index contributed by atoms with van der Waals surface area (Å²) in [6.07, 6.45) is 3.29. The molecule has 5 heteroatoms. The van der Waals surface area contributed by atoms with Crippen LogP contribution in [-0.4, -0.2) is 14.8 Å². The van der Waals surface area contributed by atoms with Crippen molar-refractivity contribution in [1.29, 1.82) is 0 Å². The topological polar surface area (TPSA) is 30.7 Å². The molecule has 0 aliphatic heterocycles. The third kappa shape index (κ3) is 2.13. The highest BCUT2D eigenvalue weighted by Crippen LogP contribution is 2.17. The van der Waals surface area contributed by atoms with Crippen molar-refractivity contribution < 1.29 is 0 Å². The molecule has 0 spiro atoms. The van der Waals surface area contributed by atoms with Gasteiger partial charge in [0.1, 0.15) is 5.15 Å². The molecule has 0 atom stereocenters. The molecule has 0 fully saturated rings. The van der Waals surface area contributed by atoms with E-state index >= 15 is 0 Å². The lowest BCUT2D eigenvalue weighted by Crippen LogP contribution is -2.04. The fourth-order valence-corrected chi connectivity index (χ4v) is 1.60. The second-order valence-corrected chi connectivity index (χ2v) is 3.95. The van der Waals surface area contributed by atoms with Crippen molar-refractivity contribution >= 4 is 23.2 Å². The Morgan fingerprint density at radius 3 is 2.80 bits per heavy atom. The molecule has 2 rings (SSSR count). The Kier molecular flexibility index (Phi) is 2.93. The van der Waals surface area contributed by atoms with Crippen LogP contribution in [0.4, 0.5) is 0 Å². The molecular weight excluding hydrogens is 233 g/mol. The maximum atomic E-state index is 5.95. The maximum absolute atomic E-state index is 5.95. The Morgan fingerprint density at radius 1 is 1.40 bits per heavy atom. The number of nitrogens with zero attached hydrogens (tertiary/aromatic N) is 3. The summed E-state index contributed by atoms with van der Waals surface area (Å²) in [6.45, 7) is 2.50. The van der Waals surface area contributed by atoms with Gasteiger partial charge < -0.3 is 0 Å². The van der Waals surface area contributed by atoms with Gasteiger partial charge in [-0.15, -0.1) is 0 Å². The molecule has 3 nitrogen and oxygen atoms in total. The Labute approximate surface area is 97.7 Å². The van der Waals surface area contributed by atoms with E-state index in [1.807, 2.05) is 19.1 Å². The van der Waals surface area contributed by atoms with Crippen molar-refractivity contribution in [2.24, 2.45) is 0 Å². The van der Waals surface area contributed by atoms with E-state index in [2.05, 4.69) is 10.1 Å². The molecule has 15 heavy (non-hydrogen) atoms. The molecule has 0 aliphatic carbocycles. The maximum Gasteiger partial charge on any atom is 0.134 e. The van der Waals surface area contributed by atoms with Gasteiger partial charge in [0.25, 0.3) is 0 Å². The second kappa shape index (κ2) is 4.21. The van der Waals surface area contributed by atoms with Gasteiger partial charge in [-0.05, 0) is 13.0 Å². The lowest BCUT2D eigenvalue weighted by Gasteiger charge is -2.05. The summed E-state index contributed by atoms with van der Waals surface area (Å²) in [5.74, 6) is 0. The lowest BCUT2D eigenvalue weighted by molar-refractivity contribution is 0.663. The van der Waals surface area contributed by atoms with E-state index in [0.717, 1.165) is 11.3 Å². The molecule has 0 N–H and O–H groups in total. The van der Waals surface area contributed by atoms with Gasteiger partial charge in [0, 0.05) is 11.8 Å². The smallest absolute Gasteiger partial charge is 0.134 e. The standard InChI is InChI=1S/C10H9Cl2N3/c1-7-9(11)5-14-15(7)6-8-3-2-4-13-10(8)12/h2-5H,6H2,1H3. The van der Waals surface area contributed by atoms with Crippen molar-refractivity contribution in [3.63, 3.8) is 0 Å². The SMILES string of the molecule is Cc1c(Cl)cnn1Cc1cccnc1Cl. The number of halogens is 2. The van der Waals surface area contributed by atoms with Crippen LogP contribution in [0.15, 0.2) is 24.5 Å². The van der Waals surface area contributed by atoms with Crippen molar-refractivity contribution in [3.8, 4) is 0 Å². The first-order valence-electron chi connectivity index (χ1n) is 4.46. The Morgan fingerprint density at radius 2 is 2.20 bits per heavy atom. The highest BCUT2D eigenvalue weighted by Gasteiger charge is 2.06. The fraction of sp³-hybridized carbons (Fsp3) is 0.200. The minimum absolute atomic E-state index is 0.503. The molecule has 0 amide bonds. The zero-order valence-electron chi connectivity index (χ0n) is 8.11. The summed E-state index contributed by atoms with van der Waals surface area (Å²) < 4.78 is 1.80.